The lowest BCUT2D eigenvalue weighted by atomic mass is 10.3. The first kappa shape index (κ1) is 21.3. The molecule has 0 atom stereocenters. The fraction of sp³-hybridized carbons (Fsp3) is 0.857. The summed E-state index contributed by atoms with van der Waals surface area (Å²) in [7, 11) is 1.56. The SMILES string of the molecule is CN=C(NCCC(F)(F)F)N1CCN(CC(=O)NC2CC2)CC1.I. The Labute approximate surface area is 157 Å². The van der Waals surface area contributed by atoms with Crippen molar-refractivity contribution in [3.05, 3.63) is 0 Å². The molecule has 0 aromatic rings. The van der Waals surface area contributed by atoms with Gasteiger partial charge in [0.15, 0.2) is 5.96 Å². The quantitative estimate of drug-likeness (QED) is 0.364. The number of amides is 1. The van der Waals surface area contributed by atoms with E-state index in [1.54, 1.807) is 7.05 Å². The molecule has 1 aliphatic heterocycles. The standard InChI is InChI=1S/C14H24F3N5O.HI/c1-18-13(19-5-4-14(15,16)17)22-8-6-21(7-9-22)10-12(23)20-11-2-3-11;/h11H,2-10H2,1H3,(H,18,19)(H,20,23);1H. The second-order valence-electron chi connectivity index (χ2n) is 5.94. The van der Waals surface area contributed by atoms with Gasteiger partial charge in [0.1, 0.15) is 0 Å². The molecule has 2 fully saturated rings. The summed E-state index contributed by atoms with van der Waals surface area (Å²) in [5.41, 5.74) is 0. The molecule has 0 unspecified atom stereocenters. The number of alkyl halides is 3. The lowest BCUT2D eigenvalue weighted by molar-refractivity contribution is -0.132. The van der Waals surface area contributed by atoms with Gasteiger partial charge in [-0.05, 0) is 12.8 Å². The maximum atomic E-state index is 12.2. The van der Waals surface area contributed by atoms with Gasteiger partial charge in [-0.2, -0.15) is 13.2 Å². The van der Waals surface area contributed by atoms with E-state index in [1.165, 1.54) is 0 Å². The van der Waals surface area contributed by atoms with Crippen LogP contribution in [-0.4, -0.2) is 80.2 Å². The average Bonchev–Trinajstić information content (AvgIpc) is 3.27. The first-order valence-corrected chi connectivity index (χ1v) is 7.91. The van der Waals surface area contributed by atoms with Gasteiger partial charge in [0.25, 0.3) is 0 Å². The summed E-state index contributed by atoms with van der Waals surface area (Å²) in [5, 5.41) is 5.70. The lowest BCUT2D eigenvalue weighted by Crippen LogP contribution is -2.54. The van der Waals surface area contributed by atoms with E-state index in [1.807, 2.05) is 4.90 Å². The van der Waals surface area contributed by atoms with Crippen LogP contribution >= 0.6 is 24.0 Å². The topological polar surface area (TPSA) is 60.0 Å². The molecule has 6 nitrogen and oxygen atoms in total. The van der Waals surface area contributed by atoms with Crippen LogP contribution in [-0.2, 0) is 4.79 Å². The van der Waals surface area contributed by atoms with E-state index < -0.39 is 12.6 Å². The van der Waals surface area contributed by atoms with Crippen LogP contribution < -0.4 is 10.6 Å². The predicted molar refractivity (Wildman–Crippen MR) is 96.6 cm³/mol. The van der Waals surface area contributed by atoms with E-state index in [0.717, 1.165) is 12.8 Å². The van der Waals surface area contributed by atoms with Crippen molar-refractivity contribution in [2.75, 3.05) is 46.3 Å². The Morgan fingerprint density at radius 2 is 1.83 bits per heavy atom. The molecular weight excluding hydrogens is 438 g/mol. The van der Waals surface area contributed by atoms with Crippen molar-refractivity contribution in [2.24, 2.45) is 4.99 Å². The molecule has 2 rings (SSSR count). The largest absolute Gasteiger partial charge is 0.390 e. The Kier molecular flexibility index (Phi) is 8.54. The first-order chi connectivity index (χ1) is 10.9. The summed E-state index contributed by atoms with van der Waals surface area (Å²) in [5.74, 6) is 0.532. The van der Waals surface area contributed by atoms with Gasteiger partial charge in [-0.25, -0.2) is 0 Å². The Balaban J connectivity index is 0.00000288. The van der Waals surface area contributed by atoms with Gasteiger partial charge in [0, 0.05) is 45.8 Å². The molecule has 1 saturated heterocycles. The molecule has 0 bridgehead atoms. The number of guanidine groups is 1. The van der Waals surface area contributed by atoms with Gasteiger partial charge in [-0.1, -0.05) is 0 Å². The zero-order chi connectivity index (χ0) is 16.9. The number of rotatable bonds is 5. The van der Waals surface area contributed by atoms with Gasteiger partial charge in [-0.3, -0.25) is 14.7 Å². The van der Waals surface area contributed by atoms with E-state index in [0.29, 0.717) is 44.7 Å². The fourth-order valence-corrected chi connectivity index (χ4v) is 2.47. The van der Waals surface area contributed by atoms with E-state index >= 15 is 0 Å². The molecule has 0 spiro atoms. The minimum Gasteiger partial charge on any atom is -0.356 e. The number of carbonyl (C=O) groups is 1. The minimum atomic E-state index is -4.17. The van der Waals surface area contributed by atoms with E-state index in [4.69, 9.17) is 0 Å². The maximum Gasteiger partial charge on any atom is 0.390 e. The van der Waals surface area contributed by atoms with Gasteiger partial charge < -0.3 is 15.5 Å². The number of hydrogen-bond donors (Lipinski definition) is 2. The van der Waals surface area contributed by atoms with Crippen molar-refractivity contribution >= 4 is 35.8 Å². The second-order valence-corrected chi connectivity index (χ2v) is 5.94. The highest BCUT2D eigenvalue weighted by molar-refractivity contribution is 14.0. The van der Waals surface area contributed by atoms with Crippen LogP contribution in [0.4, 0.5) is 13.2 Å². The molecule has 140 valence electrons. The Morgan fingerprint density at radius 3 is 2.33 bits per heavy atom. The average molecular weight is 463 g/mol. The van der Waals surface area contributed by atoms with Crippen LogP contribution in [0.25, 0.3) is 0 Å². The van der Waals surface area contributed by atoms with Crippen LogP contribution in [0.5, 0.6) is 0 Å². The van der Waals surface area contributed by atoms with Crippen molar-refractivity contribution in [1.82, 2.24) is 20.4 Å². The predicted octanol–water partition coefficient (Wildman–Crippen LogP) is 1.03. The third-order valence-electron chi connectivity index (χ3n) is 3.88. The highest BCUT2D eigenvalue weighted by Gasteiger charge is 2.28. The van der Waals surface area contributed by atoms with Crippen molar-refractivity contribution < 1.29 is 18.0 Å². The number of piperazine rings is 1. The van der Waals surface area contributed by atoms with Crippen LogP contribution in [0.3, 0.4) is 0 Å². The molecule has 2 aliphatic rings. The Morgan fingerprint density at radius 1 is 1.21 bits per heavy atom. The van der Waals surface area contributed by atoms with Crippen LogP contribution in [0.1, 0.15) is 19.3 Å². The number of hydrogen-bond acceptors (Lipinski definition) is 3. The van der Waals surface area contributed by atoms with Crippen LogP contribution in [0.2, 0.25) is 0 Å². The first-order valence-electron chi connectivity index (χ1n) is 7.91. The molecular formula is C14H25F3IN5O. The van der Waals surface area contributed by atoms with Crippen molar-refractivity contribution in [1.29, 1.82) is 0 Å². The number of nitrogens with zero attached hydrogens (tertiary/aromatic N) is 3. The molecule has 1 heterocycles. The summed E-state index contributed by atoms with van der Waals surface area (Å²) >= 11 is 0. The van der Waals surface area contributed by atoms with E-state index in [2.05, 4.69) is 20.5 Å². The Bertz CT molecular complexity index is 435. The minimum absolute atomic E-state index is 0. The summed E-state index contributed by atoms with van der Waals surface area (Å²) < 4.78 is 36.5. The van der Waals surface area contributed by atoms with Gasteiger partial charge >= 0.3 is 6.18 Å². The Hall–Kier alpha value is -0.780. The van der Waals surface area contributed by atoms with Crippen LogP contribution in [0, 0.1) is 0 Å². The zero-order valence-electron chi connectivity index (χ0n) is 13.7. The van der Waals surface area contributed by atoms with Crippen molar-refractivity contribution in [3.8, 4) is 0 Å². The molecule has 24 heavy (non-hydrogen) atoms. The number of halogens is 4. The number of aliphatic imine (C=N–C) groups is 1. The number of nitrogens with one attached hydrogen (secondary N) is 2. The fourth-order valence-electron chi connectivity index (χ4n) is 2.47. The molecule has 1 saturated carbocycles. The molecule has 1 aliphatic carbocycles. The second kappa shape index (κ2) is 9.64. The number of carbonyl (C=O) groups excluding carboxylic acids is 1. The molecule has 2 N–H and O–H groups in total. The summed E-state index contributed by atoms with van der Waals surface area (Å²) in [6.07, 6.45) is -2.91. The molecule has 1 amide bonds. The van der Waals surface area contributed by atoms with E-state index in [9.17, 15) is 18.0 Å². The normalized spacial score (nSPS) is 19.7. The van der Waals surface area contributed by atoms with Crippen molar-refractivity contribution in [3.63, 3.8) is 0 Å². The molecule has 10 heteroatoms. The third kappa shape index (κ3) is 7.86. The molecule has 0 radical (unpaired) electrons. The van der Waals surface area contributed by atoms with Crippen LogP contribution in [0.15, 0.2) is 4.99 Å². The smallest absolute Gasteiger partial charge is 0.356 e. The lowest BCUT2D eigenvalue weighted by Gasteiger charge is -2.36. The van der Waals surface area contributed by atoms with Gasteiger partial charge in [-0.15, -0.1) is 24.0 Å². The molecule has 0 aromatic heterocycles. The zero-order valence-corrected chi connectivity index (χ0v) is 16.1. The highest BCUT2D eigenvalue weighted by Crippen LogP contribution is 2.19. The summed E-state index contributed by atoms with van der Waals surface area (Å²) in [6.45, 7) is 2.87. The maximum absolute atomic E-state index is 12.2. The van der Waals surface area contributed by atoms with Crippen molar-refractivity contribution in [2.45, 2.75) is 31.5 Å². The van der Waals surface area contributed by atoms with Gasteiger partial charge in [0.2, 0.25) is 5.91 Å². The highest BCUT2D eigenvalue weighted by atomic mass is 127. The monoisotopic (exact) mass is 463 g/mol. The summed E-state index contributed by atoms with van der Waals surface area (Å²) in [6, 6.07) is 0.362. The van der Waals surface area contributed by atoms with Gasteiger partial charge in [0.05, 0.1) is 13.0 Å². The third-order valence-corrected chi connectivity index (χ3v) is 3.88. The summed E-state index contributed by atoms with van der Waals surface area (Å²) in [4.78, 5) is 19.8. The van der Waals surface area contributed by atoms with E-state index in [-0.39, 0.29) is 36.4 Å². The molecule has 0 aromatic carbocycles.